The molecule has 0 saturated carbocycles. The molecule has 0 bridgehead atoms. The third-order valence-corrected chi connectivity index (χ3v) is 4.38. The topological polar surface area (TPSA) is 29.3 Å². The predicted molar refractivity (Wildman–Crippen MR) is 84.2 cm³/mol. The Labute approximate surface area is 126 Å². The molecule has 21 heavy (non-hydrogen) atoms. The number of nitrogens with zero attached hydrogens (tertiary/aromatic N) is 2. The Morgan fingerprint density at radius 2 is 2.05 bits per heavy atom. The summed E-state index contributed by atoms with van der Waals surface area (Å²) < 4.78 is 5.24. The molecule has 0 amide bonds. The lowest BCUT2D eigenvalue weighted by Crippen LogP contribution is -2.23. The molecule has 2 aromatic rings. The highest BCUT2D eigenvalue weighted by atomic mass is 16.5. The van der Waals surface area contributed by atoms with Gasteiger partial charge in [-0.2, -0.15) is 0 Å². The van der Waals surface area contributed by atoms with Gasteiger partial charge in [-0.05, 0) is 43.4 Å². The minimum absolute atomic E-state index is 0.409. The molecule has 1 saturated heterocycles. The van der Waals surface area contributed by atoms with E-state index in [2.05, 4.69) is 54.2 Å². The highest BCUT2D eigenvalue weighted by Gasteiger charge is 2.28. The van der Waals surface area contributed by atoms with E-state index >= 15 is 0 Å². The fraction of sp³-hybridized carbons (Fsp3) is 0.500. The van der Waals surface area contributed by atoms with Crippen LogP contribution in [0.4, 0.5) is 0 Å². The van der Waals surface area contributed by atoms with Crippen LogP contribution in [0.15, 0.2) is 34.9 Å². The van der Waals surface area contributed by atoms with Crippen molar-refractivity contribution in [3.8, 4) is 0 Å². The first kappa shape index (κ1) is 14.3. The van der Waals surface area contributed by atoms with Gasteiger partial charge in [-0.15, -0.1) is 0 Å². The van der Waals surface area contributed by atoms with Crippen LogP contribution in [-0.2, 0) is 6.54 Å². The molecule has 112 valence electrons. The van der Waals surface area contributed by atoms with E-state index in [9.17, 15) is 0 Å². The average Bonchev–Trinajstić information content (AvgIpc) is 3.08. The molecule has 1 aliphatic rings. The molecule has 0 radical (unpaired) electrons. The van der Waals surface area contributed by atoms with E-state index in [1.54, 1.807) is 0 Å². The Morgan fingerprint density at radius 3 is 2.67 bits per heavy atom. The number of hydrogen-bond acceptors (Lipinski definition) is 3. The van der Waals surface area contributed by atoms with Gasteiger partial charge in [-0.3, -0.25) is 4.90 Å². The maximum absolute atomic E-state index is 5.24. The molecule has 3 heteroatoms. The second-order valence-corrected chi connectivity index (χ2v) is 6.39. The Hall–Kier alpha value is -1.61. The number of hydrogen-bond donors (Lipinski definition) is 0. The molecule has 0 spiro atoms. The highest BCUT2D eigenvalue weighted by Crippen LogP contribution is 2.32. The summed E-state index contributed by atoms with van der Waals surface area (Å²) in [6.45, 7) is 8.56. The standard InChI is InChI=1S/C18H24N2O/c1-13(2)16-8-6-15(7-9-16)12-20-10-4-5-18(20)17-11-14(3)21-19-17/h6-9,11,13,18H,4-5,10,12H2,1-3H3/t18-/m0/s1. The smallest absolute Gasteiger partial charge is 0.133 e. The van der Waals surface area contributed by atoms with Crippen molar-refractivity contribution in [1.82, 2.24) is 10.1 Å². The molecule has 1 atom stereocenters. The van der Waals surface area contributed by atoms with Crippen LogP contribution in [0.5, 0.6) is 0 Å². The van der Waals surface area contributed by atoms with Crippen LogP contribution in [0.3, 0.4) is 0 Å². The lowest BCUT2D eigenvalue weighted by Gasteiger charge is -2.22. The molecular weight excluding hydrogens is 260 g/mol. The SMILES string of the molecule is Cc1cc([C@@H]2CCCN2Cc2ccc(C(C)C)cc2)no1. The quantitative estimate of drug-likeness (QED) is 0.831. The molecule has 2 heterocycles. The van der Waals surface area contributed by atoms with Crippen molar-refractivity contribution >= 4 is 0 Å². The van der Waals surface area contributed by atoms with Gasteiger partial charge in [0.2, 0.25) is 0 Å². The molecule has 1 fully saturated rings. The minimum Gasteiger partial charge on any atom is -0.361 e. The number of benzene rings is 1. The van der Waals surface area contributed by atoms with Crippen LogP contribution in [-0.4, -0.2) is 16.6 Å². The zero-order chi connectivity index (χ0) is 14.8. The van der Waals surface area contributed by atoms with Gasteiger partial charge in [0.15, 0.2) is 0 Å². The normalized spacial score (nSPS) is 19.5. The zero-order valence-electron chi connectivity index (χ0n) is 13.2. The van der Waals surface area contributed by atoms with E-state index in [4.69, 9.17) is 4.52 Å². The van der Waals surface area contributed by atoms with Gasteiger partial charge in [-0.1, -0.05) is 43.3 Å². The molecule has 0 N–H and O–H groups in total. The van der Waals surface area contributed by atoms with E-state index in [1.807, 2.05) is 6.92 Å². The molecule has 3 rings (SSSR count). The summed E-state index contributed by atoms with van der Waals surface area (Å²) in [6, 6.07) is 11.5. The Balaban J connectivity index is 1.71. The van der Waals surface area contributed by atoms with E-state index < -0.39 is 0 Å². The van der Waals surface area contributed by atoms with Gasteiger partial charge in [0, 0.05) is 12.6 Å². The zero-order valence-corrected chi connectivity index (χ0v) is 13.2. The Kier molecular flexibility index (Phi) is 4.11. The van der Waals surface area contributed by atoms with Crippen molar-refractivity contribution < 1.29 is 4.52 Å². The van der Waals surface area contributed by atoms with E-state index in [1.165, 1.54) is 24.0 Å². The molecular formula is C18H24N2O. The van der Waals surface area contributed by atoms with E-state index in [0.29, 0.717) is 12.0 Å². The van der Waals surface area contributed by atoms with Crippen LogP contribution in [0.2, 0.25) is 0 Å². The lowest BCUT2D eigenvalue weighted by atomic mass is 10.0. The summed E-state index contributed by atoms with van der Waals surface area (Å²) in [5, 5.41) is 4.21. The molecule has 3 nitrogen and oxygen atoms in total. The van der Waals surface area contributed by atoms with Crippen LogP contribution in [0.25, 0.3) is 0 Å². The second-order valence-electron chi connectivity index (χ2n) is 6.39. The fourth-order valence-corrected chi connectivity index (χ4v) is 3.14. The van der Waals surface area contributed by atoms with Crippen molar-refractivity contribution in [3.05, 3.63) is 52.9 Å². The van der Waals surface area contributed by atoms with E-state index in [0.717, 1.165) is 24.5 Å². The Bertz CT molecular complexity index is 586. The van der Waals surface area contributed by atoms with Gasteiger partial charge < -0.3 is 4.52 Å². The van der Waals surface area contributed by atoms with Gasteiger partial charge in [0.25, 0.3) is 0 Å². The second kappa shape index (κ2) is 6.02. The first-order valence-electron chi connectivity index (χ1n) is 7.89. The first-order chi connectivity index (χ1) is 10.1. The number of aryl methyl sites for hydroxylation is 1. The Morgan fingerprint density at radius 1 is 1.29 bits per heavy atom. The number of aromatic nitrogens is 1. The summed E-state index contributed by atoms with van der Waals surface area (Å²) in [7, 11) is 0. The average molecular weight is 284 g/mol. The molecule has 1 aromatic carbocycles. The fourth-order valence-electron chi connectivity index (χ4n) is 3.14. The minimum atomic E-state index is 0.409. The summed E-state index contributed by atoms with van der Waals surface area (Å²) in [5.41, 5.74) is 3.87. The maximum Gasteiger partial charge on any atom is 0.133 e. The van der Waals surface area contributed by atoms with Crippen LogP contribution < -0.4 is 0 Å². The van der Waals surface area contributed by atoms with Crippen LogP contribution >= 0.6 is 0 Å². The van der Waals surface area contributed by atoms with Gasteiger partial charge in [-0.25, -0.2) is 0 Å². The maximum atomic E-state index is 5.24. The van der Waals surface area contributed by atoms with E-state index in [-0.39, 0.29) is 0 Å². The van der Waals surface area contributed by atoms with Gasteiger partial charge in [0.05, 0.1) is 6.04 Å². The number of likely N-dealkylation sites (tertiary alicyclic amines) is 1. The van der Waals surface area contributed by atoms with Gasteiger partial charge >= 0.3 is 0 Å². The molecule has 0 unspecified atom stereocenters. The highest BCUT2D eigenvalue weighted by molar-refractivity contribution is 5.25. The van der Waals surface area contributed by atoms with Crippen LogP contribution in [0, 0.1) is 6.92 Å². The third kappa shape index (κ3) is 3.18. The lowest BCUT2D eigenvalue weighted by molar-refractivity contribution is 0.236. The summed E-state index contributed by atoms with van der Waals surface area (Å²) in [4.78, 5) is 2.52. The van der Waals surface area contributed by atoms with Crippen molar-refractivity contribution in [2.45, 2.75) is 52.1 Å². The largest absolute Gasteiger partial charge is 0.361 e. The molecule has 1 aliphatic heterocycles. The van der Waals surface area contributed by atoms with Crippen LogP contribution in [0.1, 0.15) is 61.2 Å². The number of rotatable bonds is 4. The van der Waals surface area contributed by atoms with Crippen molar-refractivity contribution in [2.75, 3.05) is 6.54 Å². The molecule has 0 aliphatic carbocycles. The van der Waals surface area contributed by atoms with Crippen molar-refractivity contribution in [2.24, 2.45) is 0 Å². The van der Waals surface area contributed by atoms with Crippen molar-refractivity contribution in [3.63, 3.8) is 0 Å². The molecule has 1 aromatic heterocycles. The van der Waals surface area contributed by atoms with Crippen molar-refractivity contribution in [1.29, 1.82) is 0 Å². The third-order valence-electron chi connectivity index (χ3n) is 4.38. The van der Waals surface area contributed by atoms with Gasteiger partial charge in [0.1, 0.15) is 11.5 Å². The monoisotopic (exact) mass is 284 g/mol. The predicted octanol–water partition coefficient (Wildman–Crippen LogP) is 4.44. The first-order valence-corrected chi connectivity index (χ1v) is 7.89. The summed E-state index contributed by atoms with van der Waals surface area (Å²) >= 11 is 0. The summed E-state index contributed by atoms with van der Waals surface area (Å²) in [6.07, 6.45) is 2.41. The summed E-state index contributed by atoms with van der Waals surface area (Å²) in [5.74, 6) is 1.50.